The van der Waals surface area contributed by atoms with Gasteiger partial charge >= 0.3 is 5.97 Å². The molecule has 4 nitrogen and oxygen atoms in total. The molecule has 0 aliphatic heterocycles. The lowest BCUT2D eigenvalue weighted by molar-refractivity contribution is 0.0697. The third kappa shape index (κ3) is 2.97. The number of carbonyl (C=O) groups is 1. The zero-order chi connectivity index (χ0) is 15.6. The summed E-state index contributed by atoms with van der Waals surface area (Å²) in [6.45, 7) is 1.82. The average molecular weight is 288 g/mol. The molecule has 21 heavy (non-hydrogen) atoms. The van der Waals surface area contributed by atoms with Crippen LogP contribution >= 0.6 is 0 Å². The van der Waals surface area contributed by atoms with Gasteiger partial charge in [-0.05, 0) is 31.2 Å². The fourth-order valence-corrected chi connectivity index (χ4v) is 2.26. The number of nitrogen functional groups attached to an aromatic ring is 1. The smallest absolute Gasteiger partial charge is 0.337 e. The summed E-state index contributed by atoms with van der Waals surface area (Å²) >= 11 is 0. The summed E-state index contributed by atoms with van der Waals surface area (Å²) in [5, 5.41) is 9.29. The molecule has 0 radical (unpaired) electrons. The van der Waals surface area contributed by atoms with E-state index in [4.69, 9.17) is 5.73 Å². The number of halogens is 1. The van der Waals surface area contributed by atoms with Gasteiger partial charge in [-0.3, -0.25) is 0 Å². The predicted molar refractivity (Wildman–Crippen MR) is 81.0 cm³/mol. The molecule has 1 atom stereocenters. The minimum atomic E-state index is -1.06. The Morgan fingerprint density at radius 1 is 1.29 bits per heavy atom. The van der Waals surface area contributed by atoms with E-state index in [0.29, 0.717) is 16.9 Å². The number of rotatable bonds is 4. The molecule has 0 heterocycles. The number of hydrogen-bond acceptors (Lipinski definition) is 3. The molecule has 0 fully saturated rings. The maximum Gasteiger partial charge on any atom is 0.337 e. The lowest BCUT2D eigenvalue weighted by Crippen LogP contribution is -2.24. The number of aromatic carboxylic acids is 1. The summed E-state index contributed by atoms with van der Waals surface area (Å²) < 4.78 is 13.9. The van der Waals surface area contributed by atoms with Gasteiger partial charge in [0.2, 0.25) is 0 Å². The van der Waals surface area contributed by atoms with Crippen LogP contribution in [0.5, 0.6) is 0 Å². The highest BCUT2D eigenvalue weighted by Gasteiger charge is 2.20. The van der Waals surface area contributed by atoms with Crippen LogP contribution in [-0.4, -0.2) is 18.1 Å². The zero-order valence-corrected chi connectivity index (χ0v) is 11.9. The first-order chi connectivity index (χ1) is 9.91. The van der Waals surface area contributed by atoms with Crippen molar-refractivity contribution in [3.8, 4) is 0 Å². The fraction of sp³-hybridized carbons (Fsp3) is 0.188. The zero-order valence-electron chi connectivity index (χ0n) is 11.9. The minimum Gasteiger partial charge on any atom is -0.478 e. The number of hydrogen-bond donors (Lipinski definition) is 2. The Labute approximate surface area is 122 Å². The molecule has 2 aromatic carbocycles. The Morgan fingerprint density at radius 2 is 1.95 bits per heavy atom. The molecule has 3 N–H and O–H groups in total. The van der Waals surface area contributed by atoms with Crippen molar-refractivity contribution < 1.29 is 14.3 Å². The first-order valence-electron chi connectivity index (χ1n) is 6.52. The van der Waals surface area contributed by atoms with Crippen molar-refractivity contribution in [3.05, 3.63) is 59.4 Å². The van der Waals surface area contributed by atoms with Crippen LogP contribution in [0.4, 0.5) is 15.8 Å². The molecule has 0 bridgehead atoms. The Hall–Kier alpha value is -2.56. The van der Waals surface area contributed by atoms with E-state index in [1.54, 1.807) is 42.3 Å². The van der Waals surface area contributed by atoms with Crippen molar-refractivity contribution in [3.63, 3.8) is 0 Å². The Morgan fingerprint density at radius 3 is 2.57 bits per heavy atom. The van der Waals surface area contributed by atoms with E-state index in [1.807, 2.05) is 6.92 Å². The SMILES string of the molecule is CC(c1ccccc1F)N(C)c1ccc(N)cc1C(=O)O. The monoisotopic (exact) mass is 288 g/mol. The standard InChI is InChI=1S/C16H17FN2O2/c1-10(12-5-3-4-6-14(12)17)19(2)15-8-7-11(18)9-13(15)16(20)21/h3-10H,18H2,1-2H3,(H,20,21). The van der Waals surface area contributed by atoms with Gasteiger partial charge in [0.1, 0.15) is 5.82 Å². The van der Waals surface area contributed by atoms with Gasteiger partial charge in [-0.25, -0.2) is 9.18 Å². The van der Waals surface area contributed by atoms with Gasteiger partial charge in [-0.15, -0.1) is 0 Å². The third-order valence-corrected chi connectivity index (χ3v) is 3.57. The second kappa shape index (κ2) is 5.83. The molecular formula is C16H17FN2O2. The van der Waals surface area contributed by atoms with E-state index in [2.05, 4.69) is 0 Å². The lowest BCUT2D eigenvalue weighted by Gasteiger charge is -2.29. The Kier molecular flexibility index (Phi) is 4.12. The number of carboxylic acids is 1. The highest BCUT2D eigenvalue weighted by atomic mass is 19.1. The minimum absolute atomic E-state index is 0.0979. The largest absolute Gasteiger partial charge is 0.478 e. The van der Waals surface area contributed by atoms with Crippen molar-refractivity contribution in [2.24, 2.45) is 0 Å². The Bertz CT molecular complexity index is 673. The van der Waals surface area contributed by atoms with Gasteiger partial charge in [0.15, 0.2) is 0 Å². The molecule has 2 aromatic rings. The van der Waals surface area contributed by atoms with Crippen molar-refractivity contribution in [1.29, 1.82) is 0 Å². The average Bonchev–Trinajstić information content (AvgIpc) is 2.46. The second-order valence-electron chi connectivity index (χ2n) is 4.89. The molecule has 0 amide bonds. The van der Waals surface area contributed by atoms with Crippen LogP contribution in [0.15, 0.2) is 42.5 Å². The van der Waals surface area contributed by atoms with Crippen LogP contribution in [0.1, 0.15) is 28.9 Å². The first kappa shape index (κ1) is 14.8. The van der Waals surface area contributed by atoms with E-state index in [9.17, 15) is 14.3 Å². The molecule has 0 saturated heterocycles. The van der Waals surface area contributed by atoms with Crippen molar-refractivity contribution in [1.82, 2.24) is 0 Å². The molecule has 0 aromatic heterocycles. The summed E-state index contributed by atoms with van der Waals surface area (Å²) in [5.74, 6) is -1.38. The van der Waals surface area contributed by atoms with E-state index in [1.165, 1.54) is 12.1 Å². The van der Waals surface area contributed by atoms with E-state index < -0.39 is 5.97 Å². The van der Waals surface area contributed by atoms with Gasteiger partial charge in [-0.2, -0.15) is 0 Å². The molecule has 110 valence electrons. The van der Waals surface area contributed by atoms with Crippen LogP contribution < -0.4 is 10.6 Å². The van der Waals surface area contributed by atoms with Crippen LogP contribution in [0, 0.1) is 5.82 Å². The number of anilines is 2. The van der Waals surface area contributed by atoms with Crippen LogP contribution in [-0.2, 0) is 0 Å². The molecule has 2 rings (SSSR count). The van der Waals surface area contributed by atoms with Gasteiger partial charge < -0.3 is 15.7 Å². The molecule has 5 heteroatoms. The third-order valence-electron chi connectivity index (χ3n) is 3.57. The van der Waals surface area contributed by atoms with Gasteiger partial charge in [0, 0.05) is 18.3 Å². The van der Waals surface area contributed by atoms with Crippen LogP contribution in [0.25, 0.3) is 0 Å². The van der Waals surface area contributed by atoms with E-state index in [0.717, 1.165) is 0 Å². The summed E-state index contributed by atoms with van der Waals surface area (Å²) in [6.07, 6.45) is 0. The maximum atomic E-state index is 13.9. The molecule has 0 aliphatic rings. The quantitative estimate of drug-likeness (QED) is 0.847. The topological polar surface area (TPSA) is 66.6 Å². The van der Waals surface area contributed by atoms with Crippen molar-refractivity contribution in [2.45, 2.75) is 13.0 Å². The fourth-order valence-electron chi connectivity index (χ4n) is 2.26. The molecule has 0 spiro atoms. The van der Waals surface area contributed by atoms with Crippen molar-refractivity contribution >= 4 is 17.3 Å². The number of carboxylic acid groups (broad SMARTS) is 1. The second-order valence-corrected chi connectivity index (χ2v) is 4.89. The Balaban J connectivity index is 2.43. The van der Waals surface area contributed by atoms with Crippen LogP contribution in [0.2, 0.25) is 0 Å². The van der Waals surface area contributed by atoms with E-state index in [-0.39, 0.29) is 17.4 Å². The first-order valence-corrected chi connectivity index (χ1v) is 6.52. The summed E-state index contributed by atoms with van der Waals surface area (Å²) in [4.78, 5) is 13.1. The predicted octanol–water partition coefficient (Wildman–Crippen LogP) is 3.30. The highest BCUT2D eigenvalue weighted by molar-refractivity contribution is 5.95. The molecule has 1 unspecified atom stereocenters. The number of nitrogens with zero attached hydrogens (tertiary/aromatic N) is 1. The van der Waals surface area contributed by atoms with Gasteiger partial charge in [-0.1, -0.05) is 18.2 Å². The summed E-state index contributed by atoms with van der Waals surface area (Å²) in [6, 6.07) is 10.8. The number of nitrogens with two attached hydrogens (primary N) is 1. The van der Waals surface area contributed by atoms with Gasteiger partial charge in [0.05, 0.1) is 17.3 Å². The molecule has 0 saturated carbocycles. The lowest BCUT2D eigenvalue weighted by atomic mass is 10.0. The number of benzene rings is 2. The molecule has 0 aliphatic carbocycles. The van der Waals surface area contributed by atoms with Gasteiger partial charge in [0.25, 0.3) is 0 Å². The summed E-state index contributed by atoms with van der Waals surface area (Å²) in [5.41, 5.74) is 7.11. The summed E-state index contributed by atoms with van der Waals surface area (Å²) in [7, 11) is 1.73. The highest BCUT2D eigenvalue weighted by Crippen LogP contribution is 2.30. The molecular weight excluding hydrogens is 271 g/mol. The maximum absolute atomic E-state index is 13.9. The normalized spacial score (nSPS) is 12.0. The van der Waals surface area contributed by atoms with E-state index >= 15 is 0 Å². The van der Waals surface area contributed by atoms with Crippen molar-refractivity contribution in [2.75, 3.05) is 17.7 Å². The van der Waals surface area contributed by atoms with Crippen LogP contribution in [0.3, 0.4) is 0 Å².